The zero-order valence-electron chi connectivity index (χ0n) is 19.2. The normalized spacial score (nSPS) is 14.0. The van der Waals surface area contributed by atoms with E-state index in [2.05, 4.69) is 53.7 Å². The van der Waals surface area contributed by atoms with Gasteiger partial charge in [0.25, 0.3) is 0 Å². The van der Waals surface area contributed by atoms with Crippen molar-refractivity contribution in [1.82, 2.24) is 0 Å². The first-order valence-corrected chi connectivity index (χ1v) is 9.84. The summed E-state index contributed by atoms with van der Waals surface area (Å²) in [4.78, 5) is 12.4. The summed E-state index contributed by atoms with van der Waals surface area (Å²) in [6.07, 6.45) is -0.344. The SMILES string of the molecule is COC(O)CCc1cc(C(C)(C)C)c(OC(=O)OC(C)(C)C)c(C(C)(C)C)c1. The largest absolute Gasteiger partial charge is 0.514 e. The summed E-state index contributed by atoms with van der Waals surface area (Å²) in [6.45, 7) is 18.0. The van der Waals surface area contributed by atoms with Crippen molar-refractivity contribution >= 4 is 6.16 Å². The lowest BCUT2D eigenvalue weighted by Crippen LogP contribution is -2.28. The Kier molecular flexibility index (Phi) is 7.71. The number of benzene rings is 1. The van der Waals surface area contributed by atoms with Gasteiger partial charge in [0.15, 0.2) is 6.29 Å². The van der Waals surface area contributed by atoms with Crippen LogP contribution in [0.15, 0.2) is 12.1 Å². The van der Waals surface area contributed by atoms with Gasteiger partial charge in [-0.25, -0.2) is 4.79 Å². The molecule has 1 aromatic rings. The van der Waals surface area contributed by atoms with Gasteiger partial charge in [0.1, 0.15) is 11.4 Å². The average Bonchev–Trinajstić information content (AvgIpc) is 2.49. The van der Waals surface area contributed by atoms with Gasteiger partial charge in [-0.2, -0.15) is 0 Å². The summed E-state index contributed by atoms with van der Waals surface area (Å²) in [5.41, 5.74) is 1.83. The van der Waals surface area contributed by atoms with Crippen molar-refractivity contribution in [2.24, 2.45) is 0 Å². The van der Waals surface area contributed by atoms with Crippen LogP contribution in [0.4, 0.5) is 4.79 Å². The number of hydrogen-bond donors (Lipinski definition) is 1. The highest BCUT2D eigenvalue weighted by Crippen LogP contribution is 2.41. The van der Waals surface area contributed by atoms with Gasteiger partial charge in [-0.15, -0.1) is 0 Å². The van der Waals surface area contributed by atoms with Crippen LogP contribution in [0.25, 0.3) is 0 Å². The number of aliphatic hydroxyl groups excluding tert-OH is 1. The summed E-state index contributed by atoms with van der Waals surface area (Å²) in [6, 6.07) is 4.11. The Labute approximate surface area is 170 Å². The Morgan fingerprint density at radius 1 is 0.964 bits per heavy atom. The first-order valence-electron chi connectivity index (χ1n) is 9.84. The summed E-state index contributed by atoms with van der Waals surface area (Å²) in [5, 5.41) is 9.75. The first kappa shape index (κ1) is 24.4. The highest BCUT2D eigenvalue weighted by atomic mass is 16.7. The smallest absolute Gasteiger partial charge is 0.428 e. The van der Waals surface area contributed by atoms with Gasteiger partial charge < -0.3 is 19.3 Å². The molecule has 0 amide bonds. The van der Waals surface area contributed by atoms with Crippen molar-refractivity contribution in [3.05, 3.63) is 28.8 Å². The van der Waals surface area contributed by atoms with Crippen molar-refractivity contribution in [2.75, 3.05) is 7.11 Å². The highest BCUT2D eigenvalue weighted by Gasteiger charge is 2.30. The lowest BCUT2D eigenvalue weighted by molar-refractivity contribution is -0.0777. The molecule has 0 heterocycles. The predicted octanol–water partition coefficient (Wildman–Crippen LogP) is 5.49. The Morgan fingerprint density at radius 2 is 1.43 bits per heavy atom. The van der Waals surface area contributed by atoms with Crippen LogP contribution < -0.4 is 4.74 Å². The molecule has 160 valence electrons. The van der Waals surface area contributed by atoms with Crippen molar-refractivity contribution in [2.45, 2.75) is 97.9 Å². The van der Waals surface area contributed by atoms with Crippen LogP contribution >= 0.6 is 0 Å². The van der Waals surface area contributed by atoms with E-state index in [0.717, 1.165) is 16.7 Å². The standard InChI is InChI=1S/C23H38O5/c1-21(2,3)16-13-15(11-12-18(24)26-10)14-17(22(4,5)6)19(16)27-20(25)28-23(7,8)9/h13-14,18,24H,11-12H2,1-10H3. The highest BCUT2D eigenvalue weighted by molar-refractivity contribution is 5.67. The van der Waals surface area contributed by atoms with Gasteiger partial charge in [0, 0.05) is 24.7 Å². The third-order valence-electron chi connectivity index (χ3n) is 4.29. The molecule has 0 spiro atoms. The topological polar surface area (TPSA) is 65.0 Å². The summed E-state index contributed by atoms with van der Waals surface area (Å²) < 4.78 is 16.1. The maximum Gasteiger partial charge on any atom is 0.514 e. The molecule has 1 rings (SSSR count). The zero-order valence-corrected chi connectivity index (χ0v) is 19.2. The molecule has 28 heavy (non-hydrogen) atoms. The van der Waals surface area contributed by atoms with Crippen LogP contribution in [-0.2, 0) is 26.7 Å². The molecule has 0 fully saturated rings. The van der Waals surface area contributed by atoms with Crippen molar-refractivity contribution < 1.29 is 24.1 Å². The fraction of sp³-hybridized carbons (Fsp3) is 0.696. The van der Waals surface area contributed by atoms with Gasteiger partial charge in [0.2, 0.25) is 0 Å². The second kappa shape index (κ2) is 8.83. The number of aliphatic hydroxyl groups is 1. The van der Waals surface area contributed by atoms with Gasteiger partial charge in [-0.3, -0.25) is 0 Å². The molecular weight excluding hydrogens is 356 g/mol. The molecule has 0 aliphatic heterocycles. The summed E-state index contributed by atoms with van der Waals surface area (Å²) in [7, 11) is 1.49. The summed E-state index contributed by atoms with van der Waals surface area (Å²) in [5.74, 6) is 0.560. The maximum atomic E-state index is 12.4. The number of carbonyl (C=O) groups excluding carboxylic acids is 1. The van der Waals surface area contributed by atoms with Gasteiger partial charge in [0.05, 0.1) is 0 Å². The van der Waals surface area contributed by atoms with E-state index in [4.69, 9.17) is 14.2 Å². The lowest BCUT2D eigenvalue weighted by Gasteiger charge is -2.30. The minimum Gasteiger partial charge on any atom is -0.428 e. The van der Waals surface area contributed by atoms with Crippen molar-refractivity contribution in [1.29, 1.82) is 0 Å². The molecule has 1 N–H and O–H groups in total. The predicted molar refractivity (Wildman–Crippen MR) is 112 cm³/mol. The number of methoxy groups -OCH3 is 1. The molecule has 1 unspecified atom stereocenters. The molecule has 0 saturated heterocycles. The maximum absolute atomic E-state index is 12.4. The second-order valence-electron chi connectivity index (χ2n) is 10.3. The van der Waals surface area contributed by atoms with Crippen LogP contribution in [0.2, 0.25) is 0 Å². The lowest BCUT2D eigenvalue weighted by atomic mass is 9.78. The molecular formula is C23H38O5. The molecule has 5 heteroatoms. The fourth-order valence-corrected chi connectivity index (χ4v) is 2.82. The van der Waals surface area contributed by atoms with Crippen LogP contribution in [0.5, 0.6) is 5.75 Å². The Morgan fingerprint density at radius 3 is 1.79 bits per heavy atom. The zero-order chi connectivity index (χ0) is 21.9. The second-order valence-corrected chi connectivity index (χ2v) is 10.3. The number of carbonyl (C=O) groups is 1. The van der Waals surface area contributed by atoms with E-state index in [1.807, 2.05) is 20.8 Å². The van der Waals surface area contributed by atoms with Gasteiger partial charge in [-0.05, 0) is 43.6 Å². The Hall–Kier alpha value is -1.59. The molecule has 0 aliphatic rings. The van der Waals surface area contributed by atoms with Crippen LogP contribution in [0, 0.1) is 0 Å². The van der Waals surface area contributed by atoms with Crippen LogP contribution in [0.1, 0.15) is 85.4 Å². The van der Waals surface area contributed by atoms with E-state index < -0.39 is 18.0 Å². The third-order valence-corrected chi connectivity index (χ3v) is 4.29. The van der Waals surface area contributed by atoms with Crippen molar-refractivity contribution in [3.63, 3.8) is 0 Å². The van der Waals surface area contributed by atoms with E-state index in [9.17, 15) is 9.90 Å². The molecule has 0 aromatic heterocycles. The molecule has 0 aliphatic carbocycles. The minimum atomic E-state index is -0.797. The summed E-state index contributed by atoms with van der Waals surface area (Å²) >= 11 is 0. The Balaban J connectivity index is 3.47. The number of ether oxygens (including phenoxy) is 3. The molecule has 0 radical (unpaired) electrons. The average molecular weight is 395 g/mol. The molecule has 0 bridgehead atoms. The first-order chi connectivity index (χ1) is 12.5. The monoisotopic (exact) mass is 394 g/mol. The van der Waals surface area contributed by atoms with Crippen LogP contribution in [-0.4, -0.2) is 30.3 Å². The van der Waals surface area contributed by atoms with E-state index in [0.29, 0.717) is 18.6 Å². The fourth-order valence-electron chi connectivity index (χ4n) is 2.82. The van der Waals surface area contributed by atoms with E-state index >= 15 is 0 Å². The number of rotatable bonds is 5. The third kappa shape index (κ3) is 7.44. The van der Waals surface area contributed by atoms with Gasteiger partial charge >= 0.3 is 6.16 Å². The van der Waals surface area contributed by atoms with Gasteiger partial charge in [-0.1, -0.05) is 53.7 Å². The number of aryl methyl sites for hydroxylation is 1. The quantitative estimate of drug-likeness (QED) is 0.406. The van der Waals surface area contributed by atoms with E-state index in [1.54, 1.807) is 0 Å². The molecule has 5 nitrogen and oxygen atoms in total. The van der Waals surface area contributed by atoms with Crippen molar-refractivity contribution in [3.8, 4) is 5.75 Å². The van der Waals surface area contributed by atoms with E-state index in [-0.39, 0.29) is 10.8 Å². The molecule has 0 saturated carbocycles. The van der Waals surface area contributed by atoms with Crippen LogP contribution in [0.3, 0.4) is 0 Å². The Bertz CT molecular complexity index is 637. The van der Waals surface area contributed by atoms with E-state index in [1.165, 1.54) is 7.11 Å². The minimum absolute atomic E-state index is 0.243. The molecule has 1 aromatic carbocycles. The molecule has 1 atom stereocenters. The number of hydrogen-bond acceptors (Lipinski definition) is 5.